The lowest BCUT2D eigenvalue weighted by molar-refractivity contribution is -0.137. The summed E-state index contributed by atoms with van der Waals surface area (Å²) in [6, 6.07) is 4.45. The van der Waals surface area contributed by atoms with Crippen molar-refractivity contribution in [2.45, 2.75) is 12.5 Å². The molecule has 0 bridgehead atoms. The third-order valence-electron chi connectivity index (χ3n) is 2.02. The van der Waals surface area contributed by atoms with Crippen LogP contribution in [0.2, 0.25) is 0 Å². The average Bonchev–Trinajstić information content (AvgIpc) is 2.25. The van der Waals surface area contributed by atoms with Gasteiger partial charge < -0.3 is 15.4 Å². The SMILES string of the molecule is O=C(O)CC(NO)C(=O)c1ccccc1O. The second-order valence-corrected chi connectivity index (χ2v) is 3.16. The van der Waals surface area contributed by atoms with Gasteiger partial charge in [0.05, 0.1) is 12.0 Å². The Morgan fingerprint density at radius 2 is 1.94 bits per heavy atom. The first-order valence-corrected chi connectivity index (χ1v) is 4.50. The standard InChI is InChI=1S/C10H11NO5/c12-8-4-2-1-3-6(8)10(15)7(11-16)5-9(13)14/h1-4,7,11-12,16H,5H2,(H,13,14). The second-order valence-electron chi connectivity index (χ2n) is 3.16. The maximum Gasteiger partial charge on any atom is 0.305 e. The van der Waals surface area contributed by atoms with Gasteiger partial charge in [0.15, 0.2) is 5.78 Å². The molecular formula is C10H11NO5. The van der Waals surface area contributed by atoms with Crippen molar-refractivity contribution in [1.82, 2.24) is 5.48 Å². The van der Waals surface area contributed by atoms with E-state index in [0.29, 0.717) is 0 Å². The van der Waals surface area contributed by atoms with Crippen LogP contribution in [0.3, 0.4) is 0 Å². The number of nitrogens with one attached hydrogen (secondary N) is 1. The zero-order valence-electron chi connectivity index (χ0n) is 8.25. The molecule has 4 N–H and O–H groups in total. The highest BCUT2D eigenvalue weighted by Gasteiger charge is 2.24. The number of aromatic hydroxyl groups is 1. The summed E-state index contributed by atoms with van der Waals surface area (Å²) in [6.45, 7) is 0. The maximum atomic E-state index is 11.7. The molecule has 0 aromatic heterocycles. The molecule has 0 radical (unpaired) electrons. The van der Waals surface area contributed by atoms with Crippen LogP contribution in [0.4, 0.5) is 0 Å². The van der Waals surface area contributed by atoms with Crippen LogP contribution in [0.25, 0.3) is 0 Å². The van der Waals surface area contributed by atoms with Crippen molar-refractivity contribution in [2.24, 2.45) is 0 Å². The number of hydrogen-bond donors (Lipinski definition) is 4. The van der Waals surface area contributed by atoms with E-state index in [1.54, 1.807) is 5.48 Å². The number of rotatable bonds is 5. The molecule has 0 heterocycles. The molecule has 1 aromatic carbocycles. The lowest BCUT2D eigenvalue weighted by Gasteiger charge is -2.12. The van der Waals surface area contributed by atoms with Gasteiger partial charge in [-0.15, -0.1) is 0 Å². The lowest BCUT2D eigenvalue weighted by atomic mass is 10.0. The molecule has 0 saturated carbocycles. The van der Waals surface area contributed by atoms with E-state index in [0.717, 1.165) is 0 Å². The third kappa shape index (κ3) is 2.78. The summed E-state index contributed by atoms with van der Waals surface area (Å²) in [5, 5.41) is 26.6. The van der Waals surface area contributed by atoms with Crippen molar-refractivity contribution in [3.63, 3.8) is 0 Å². The van der Waals surface area contributed by atoms with Crippen molar-refractivity contribution in [3.8, 4) is 5.75 Å². The zero-order valence-corrected chi connectivity index (χ0v) is 8.25. The largest absolute Gasteiger partial charge is 0.507 e. The van der Waals surface area contributed by atoms with Gasteiger partial charge >= 0.3 is 5.97 Å². The number of carbonyl (C=O) groups excluding carboxylic acids is 1. The molecule has 0 amide bonds. The van der Waals surface area contributed by atoms with Gasteiger partial charge in [0.1, 0.15) is 11.8 Å². The normalized spacial score (nSPS) is 12.1. The lowest BCUT2D eigenvalue weighted by Crippen LogP contribution is -2.36. The Balaban J connectivity index is 2.91. The number of Topliss-reactive ketones (excluding diaryl/α,β-unsaturated/α-hetero) is 1. The molecule has 0 aliphatic carbocycles. The molecule has 0 spiro atoms. The van der Waals surface area contributed by atoms with E-state index >= 15 is 0 Å². The Kier molecular flexibility index (Phi) is 3.98. The minimum atomic E-state index is -1.27. The molecule has 0 fully saturated rings. The average molecular weight is 225 g/mol. The summed E-state index contributed by atoms with van der Waals surface area (Å²) in [6.07, 6.45) is -0.566. The van der Waals surface area contributed by atoms with Crippen LogP contribution >= 0.6 is 0 Å². The number of para-hydroxylation sites is 1. The highest BCUT2D eigenvalue weighted by atomic mass is 16.5. The number of carboxylic acids is 1. The highest BCUT2D eigenvalue weighted by molar-refractivity contribution is 6.03. The molecule has 1 rings (SSSR count). The van der Waals surface area contributed by atoms with Gasteiger partial charge in [-0.3, -0.25) is 9.59 Å². The summed E-state index contributed by atoms with van der Waals surface area (Å²) >= 11 is 0. The Bertz CT molecular complexity index is 404. The summed E-state index contributed by atoms with van der Waals surface area (Å²) in [7, 11) is 0. The molecular weight excluding hydrogens is 214 g/mol. The maximum absolute atomic E-state index is 11.7. The van der Waals surface area contributed by atoms with Gasteiger partial charge in [-0.1, -0.05) is 12.1 Å². The second kappa shape index (κ2) is 5.24. The van der Waals surface area contributed by atoms with Gasteiger partial charge in [0.2, 0.25) is 0 Å². The molecule has 0 aliphatic heterocycles. The zero-order chi connectivity index (χ0) is 12.1. The number of hydrogen-bond acceptors (Lipinski definition) is 5. The van der Waals surface area contributed by atoms with E-state index in [-0.39, 0.29) is 11.3 Å². The van der Waals surface area contributed by atoms with E-state index in [9.17, 15) is 14.7 Å². The van der Waals surface area contributed by atoms with E-state index in [1.165, 1.54) is 24.3 Å². The van der Waals surface area contributed by atoms with E-state index in [2.05, 4.69) is 0 Å². The van der Waals surface area contributed by atoms with Gasteiger partial charge in [0.25, 0.3) is 0 Å². The molecule has 1 aromatic rings. The van der Waals surface area contributed by atoms with Crippen LogP contribution in [0.5, 0.6) is 5.75 Å². The molecule has 6 nitrogen and oxygen atoms in total. The first-order chi connectivity index (χ1) is 7.56. The molecule has 0 aliphatic rings. The minimum absolute atomic E-state index is 0.0321. The number of benzene rings is 1. The van der Waals surface area contributed by atoms with E-state index in [1.807, 2.05) is 0 Å². The van der Waals surface area contributed by atoms with Crippen LogP contribution < -0.4 is 5.48 Å². The number of hydroxylamine groups is 1. The fourth-order valence-corrected chi connectivity index (χ4v) is 1.24. The number of carbonyl (C=O) groups is 2. The van der Waals surface area contributed by atoms with Gasteiger partial charge in [0, 0.05) is 0 Å². The summed E-state index contributed by atoms with van der Waals surface area (Å²) < 4.78 is 0. The van der Waals surface area contributed by atoms with Crippen molar-refractivity contribution in [1.29, 1.82) is 0 Å². The molecule has 0 saturated heterocycles. The fourth-order valence-electron chi connectivity index (χ4n) is 1.24. The molecule has 86 valence electrons. The van der Waals surface area contributed by atoms with Crippen molar-refractivity contribution in [2.75, 3.05) is 0 Å². The van der Waals surface area contributed by atoms with Crippen molar-refractivity contribution in [3.05, 3.63) is 29.8 Å². The first kappa shape index (κ1) is 12.2. The first-order valence-electron chi connectivity index (χ1n) is 4.50. The fraction of sp³-hybridized carbons (Fsp3) is 0.200. The number of phenolic OH excluding ortho intramolecular Hbond substituents is 1. The quantitative estimate of drug-likeness (QED) is 0.426. The predicted molar refractivity (Wildman–Crippen MR) is 53.4 cm³/mol. The van der Waals surface area contributed by atoms with Crippen molar-refractivity contribution >= 4 is 11.8 Å². The smallest absolute Gasteiger partial charge is 0.305 e. The third-order valence-corrected chi connectivity index (χ3v) is 2.02. The Hall–Kier alpha value is -1.92. The Morgan fingerprint density at radius 3 is 2.44 bits per heavy atom. The molecule has 16 heavy (non-hydrogen) atoms. The van der Waals surface area contributed by atoms with Crippen LogP contribution in [0.15, 0.2) is 24.3 Å². The number of aliphatic carboxylic acids is 1. The number of carboxylic acid groups (broad SMARTS) is 1. The van der Waals surface area contributed by atoms with E-state index in [4.69, 9.17) is 10.3 Å². The molecule has 1 atom stereocenters. The molecule has 1 unspecified atom stereocenters. The summed E-state index contributed by atoms with van der Waals surface area (Å²) in [5.41, 5.74) is 1.59. The Morgan fingerprint density at radius 1 is 1.31 bits per heavy atom. The number of ketones is 1. The van der Waals surface area contributed by atoms with Crippen molar-refractivity contribution < 1.29 is 25.0 Å². The Labute approximate surface area is 91.1 Å². The van der Waals surface area contributed by atoms with Crippen LogP contribution in [-0.4, -0.2) is 33.2 Å². The molecule has 6 heteroatoms. The minimum Gasteiger partial charge on any atom is -0.507 e. The van der Waals surface area contributed by atoms with Gasteiger partial charge in [-0.2, -0.15) is 5.48 Å². The number of phenols is 1. The van der Waals surface area contributed by atoms with Crippen LogP contribution in [0, 0.1) is 0 Å². The van der Waals surface area contributed by atoms with Gasteiger partial charge in [-0.05, 0) is 12.1 Å². The van der Waals surface area contributed by atoms with Gasteiger partial charge in [-0.25, -0.2) is 0 Å². The topological polar surface area (TPSA) is 107 Å². The van der Waals surface area contributed by atoms with Crippen LogP contribution in [0.1, 0.15) is 16.8 Å². The highest BCUT2D eigenvalue weighted by Crippen LogP contribution is 2.18. The monoisotopic (exact) mass is 225 g/mol. The van der Waals surface area contributed by atoms with Crippen LogP contribution in [-0.2, 0) is 4.79 Å². The summed E-state index contributed by atoms with van der Waals surface area (Å²) in [5.74, 6) is -2.16. The van der Waals surface area contributed by atoms with E-state index < -0.39 is 24.2 Å². The predicted octanol–water partition coefficient (Wildman–Crippen LogP) is 0.397. The summed E-state index contributed by atoms with van der Waals surface area (Å²) in [4.78, 5) is 22.1.